The van der Waals surface area contributed by atoms with Gasteiger partial charge in [-0.25, -0.2) is 23.4 Å². The molecule has 1 aliphatic rings. The van der Waals surface area contributed by atoms with Gasteiger partial charge in [0, 0.05) is 51.8 Å². The Bertz CT molecular complexity index is 1290. The van der Waals surface area contributed by atoms with Gasteiger partial charge in [-0.15, -0.1) is 0 Å². The minimum Gasteiger partial charge on any atom is -0.365 e. The van der Waals surface area contributed by atoms with Crippen molar-refractivity contribution >= 4 is 35.1 Å². The highest BCUT2D eigenvalue weighted by molar-refractivity contribution is 7.89. The van der Waals surface area contributed by atoms with Crippen molar-refractivity contribution in [1.29, 1.82) is 0 Å². The number of sulfonamides is 1. The molecule has 36 heavy (non-hydrogen) atoms. The second-order valence-corrected chi connectivity index (χ2v) is 18.8. The van der Waals surface area contributed by atoms with Gasteiger partial charge in [-0.05, 0) is 36.6 Å². The van der Waals surface area contributed by atoms with E-state index in [0.717, 1.165) is 41.5 Å². The molecular weight excluding hydrogens is 492 g/mol. The van der Waals surface area contributed by atoms with E-state index in [1.165, 1.54) is 0 Å². The molecule has 4 rings (SSSR count). The second kappa shape index (κ2) is 11.0. The molecule has 11 heteroatoms. The molecule has 0 aliphatic carbocycles. The molecular formula is C25H38N6O3SSi. The van der Waals surface area contributed by atoms with E-state index in [1.54, 1.807) is 16.7 Å². The van der Waals surface area contributed by atoms with Crippen molar-refractivity contribution in [3.8, 4) is 11.3 Å². The fraction of sp³-hybridized carbons (Fsp3) is 0.560. The van der Waals surface area contributed by atoms with Crippen molar-refractivity contribution in [3.63, 3.8) is 0 Å². The van der Waals surface area contributed by atoms with Crippen LogP contribution in [-0.2, 0) is 21.5 Å². The summed E-state index contributed by atoms with van der Waals surface area (Å²) in [4.78, 5) is 14.1. The molecule has 1 saturated heterocycles. The molecule has 196 valence electrons. The highest BCUT2D eigenvalue weighted by Gasteiger charge is 2.32. The topological polar surface area (TPSA) is 102 Å². The number of hydrogen-bond acceptors (Lipinski definition) is 7. The summed E-state index contributed by atoms with van der Waals surface area (Å²) >= 11 is 0. The maximum atomic E-state index is 12.6. The largest absolute Gasteiger partial charge is 0.365 e. The van der Waals surface area contributed by atoms with Gasteiger partial charge < -0.3 is 14.6 Å². The summed E-state index contributed by atoms with van der Waals surface area (Å²) in [7, 11) is -4.37. The lowest BCUT2D eigenvalue weighted by atomic mass is 10.1. The summed E-state index contributed by atoms with van der Waals surface area (Å²) in [5, 5.41) is 3.46. The lowest BCUT2D eigenvalue weighted by Gasteiger charge is -2.19. The molecule has 1 aliphatic heterocycles. The zero-order valence-electron chi connectivity index (χ0n) is 21.9. The van der Waals surface area contributed by atoms with E-state index in [-0.39, 0.29) is 17.7 Å². The maximum absolute atomic E-state index is 12.6. The van der Waals surface area contributed by atoms with Crippen molar-refractivity contribution in [2.45, 2.75) is 58.7 Å². The first kappa shape index (κ1) is 26.7. The van der Waals surface area contributed by atoms with Crippen LogP contribution in [0.4, 0.5) is 5.82 Å². The van der Waals surface area contributed by atoms with Crippen molar-refractivity contribution in [1.82, 2.24) is 23.8 Å². The fourth-order valence-electron chi connectivity index (χ4n) is 4.28. The predicted octanol–water partition coefficient (Wildman–Crippen LogP) is 4.28. The van der Waals surface area contributed by atoms with Gasteiger partial charge in [0.25, 0.3) is 0 Å². The average molecular weight is 531 g/mol. The van der Waals surface area contributed by atoms with E-state index in [1.807, 2.05) is 42.8 Å². The smallest absolute Gasteiger partial charge is 0.214 e. The quantitative estimate of drug-likeness (QED) is 0.292. The van der Waals surface area contributed by atoms with Gasteiger partial charge in [0.1, 0.15) is 18.1 Å². The standard InChI is InChI=1S/C25H38N6O3SSi/c1-19(2)17-35(32,33)31-12-8-20(16-31)28-24-21(7-6-10-26-24)23-15-27-25-22(29-23)9-11-30(25)18-34-13-14-36(3,4)5/h6-7,9-11,15,19-20H,8,12-14,16-18H2,1-5H3,(H,26,28)/t20-/m1/s1. The minimum absolute atomic E-state index is 0.00771. The Morgan fingerprint density at radius 1 is 1.22 bits per heavy atom. The third-order valence-corrected chi connectivity index (χ3v) is 10.1. The molecule has 1 N–H and O–H groups in total. The van der Waals surface area contributed by atoms with Crippen LogP contribution in [0, 0.1) is 5.92 Å². The first-order chi connectivity index (χ1) is 17.0. The molecule has 1 fully saturated rings. The molecule has 3 aromatic heterocycles. The summed E-state index contributed by atoms with van der Waals surface area (Å²) in [6, 6.07) is 6.90. The summed E-state index contributed by atoms with van der Waals surface area (Å²) in [6.45, 7) is 13.1. The highest BCUT2D eigenvalue weighted by atomic mass is 32.2. The molecule has 1 atom stereocenters. The molecule has 0 radical (unpaired) electrons. The number of aromatic nitrogens is 4. The number of pyridine rings is 1. The van der Waals surface area contributed by atoms with Gasteiger partial charge in [-0.1, -0.05) is 33.5 Å². The van der Waals surface area contributed by atoms with Crippen molar-refractivity contribution < 1.29 is 13.2 Å². The monoisotopic (exact) mass is 530 g/mol. The molecule has 3 aromatic rings. The van der Waals surface area contributed by atoms with Crippen LogP contribution in [0.15, 0.2) is 36.8 Å². The first-order valence-electron chi connectivity index (χ1n) is 12.6. The number of anilines is 1. The Morgan fingerprint density at radius 3 is 2.78 bits per heavy atom. The third kappa shape index (κ3) is 6.70. The van der Waals surface area contributed by atoms with Crippen LogP contribution in [0.3, 0.4) is 0 Å². The normalized spacial score (nSPS) is 17.3. The van der Waals surface area contributed by atoms with Crippen molar-refractivity contribution in [2.75, 3.05) is 30.8 Å². The van der Waals surface area contributed by atoms with Crippen LogP contribution >= 0.6 is 0 Å². The maximum Gasteiger partial charge on any atom is 0.214 e. The number of nitrogens with one attached hydrogen (secondary N) is 1. The van der Waals surface area contributed by atoms with E-state index in [4.69, 9.17) is 9.72 Å². The minimum atomic E-state index is -3.24. The van der Waals surface area contributed by atoms with Crippen molar-refractivity contribution in [3.05, 3.63) is 36.8 Å². The molecule has 0 aromatic carbocycles. The van der Waals surface area contributed by atoms with E-state index >= 15 is 0 Å². The number of rotatable bonds is 11. The predicted molar refractivity (Wildman–Crippen MR) is 147 cm³/mol. The molecule has 4 heterocycles. The van der Waals surface area contributed by atoms with Crippen LogP contribution in [0.1, 0.15) is 20.3 Å². The van der Waals surface area contributed by atoms with E-state index in [9.17, 15) is 8.42 Å². The van der Waals surface area contributed by atoms with Crippen LogP contribution < -0.4 is 5.32 Å². The lowest BCUT2D eigenvalue weighted by Crippen LogP contribution is -2.34. The average Bonchev–Trinajstić information content (AvgIpc) is 3.43. The molecule has 0 amide bonds. The van der Waals surface area contributed by atoms with Crippen molar-refractivity contribution in [2.24, 2.45) is 5.92 Å². The Balaban J connectivity index is 1.46. The van der Waals surface area contributed by atoms with Crippen LogP contribution in [-0.4, -0.2) is 71.8 Å². The van der Waals surface area contributed by atoms with E-state index in [0.29, 0.717) is 25.6 Å². The van der Waals surface area contributed by atoms with Gasteiger partial charge >= 0.3 is 0 Å². The molecule has 9 nitrogen and oxygen atoms in total. The summed E-state index contributed by atoms with van der Waals surface area (Å²) < 4.78 is 34.7. The Kier molecular flexibility index (Phi) is 8.13. The SMILES string of the molecule is CC(C)CS(=O)(=O)N1CC[C@@H](Nc2ncccc2-c2cnc3c(ccn3COCC[Si](C)(C)C)n2)C1. The van der Waals surface area contributed by atoms with Crippen LogP contribution in [0.25, 0.3) is 22.4 Å². The molecule has 0 spiro atoms. The molecule has 0 saturated carbocycles. The van der Waals surface area contributed by atoms with Gasteiger partial charge in [-0.2, -0.15) is 4.31 Å². The second-order valence-electron chi connectivity index (χ2n) is 11.2. The first-order valence-corrected chi connectivity index (χ1v) is 17.9. The fourth-order valence-corrected chi connectivity index (χ4v) is 6.88. The Hall–Kier alpha value is -2.34. The number of ether oxygens (including phenoxy) is 1. The summed E-state index contributed by atoms with van der Waals surface area (Å²) in [5.41, 5.74) is 3.14. The summed E-state index contributed by atoms with van der Waals surface area (Å²) in [6.07, 6.45) is 6.18. The Morgan fingerprint density at radius 2 is 2.03 bits per heavy atom. The summed E-state index contributed by atoms with van der Waals surface area (Å²) in [5.74, 6) is 0.963. The van der Waals surface area contributed by atoms with Gasteiger partial charge in [0.15, 0.2) is 5.65 Å². The van der Waals surface area contributed by atoms with E-state index in [2.05, 4.69) is 34.9 Å². The zero-order valence-corrected chi connectivity index (χ0v) is 23.8. The van der Waals surface area contributed by atoms with Crippen LogP contribution in [0.2, 0.25) is 25.7 Å². The lowest BCUT2D eigenvalue weighted by molar-refractivity contribution is 0.0899. The molecule has 0 bridgehead atoms. The highest BCUT2D eigenvalue weighted by Crippen LogP contribution is 2.28. The number of fused-ring (bicyclic) bond motifs is 1. The van der Waals surface area contributed by atoms with Gasteiger partial charge in [0.2, 0.25) is 10.0 Å². The van der Waals surface area contributed by atoms with Gasteiger partial charge in [0.05, 0.1) is 17.6 Å². The molecule has 0 unspecified atom stereocenters. The zero-order chi connectivity index (χ0) is 25.9. The van der Waals surface area contributed by atoms with Crippen LogP contribution in [0.5, 0.6) is 0 Å². The van der Waals surface area contributed by atoms with Gasteiger partial charge in [-0.3, -0.25) is 0 Å². The Labute approximate surface area is 215 Å². The van der Waals surface area contributed by atoms with E-state index < -0.39 is 18.1 Å². The number of hydrogen-bond donors (Lipinski definition) is 1. The number of nitrogens with zero attached hydrogens (tertiary/aromatic N) is 5. The third-order valence-electron chi connectivity index (χ3n) is 6.20.